The largest absolute Gasteiger partial charge is 0.362 e. The molecule has 0 aliphatic rings. The van der Waals surface area contributed by atoms with E-state index in [-0.39, 0.29) is 12.5 Å². The first-order valence-electron chi connectivity index (χ1n) is 7.28. The number of carbonyl (C=O) groups excluding carboxylic acids is 2. The number of likely N-dealkylation sites (N-methyl/N-ethyl adjacent to an activating group) is 1. The zero-order valence-electron chi connectivity index (χ0n) is 12.8. The number of para-hydroxylation sites is 1. The predicted molar refractivity (Wildman–Crippen MR) is 88.7 cm³/mol. The molecule has 2 amide bonds. The second kappa shape index (κ2) is 7.95. The van der Waals surface area contributed by atoms with E-state index in [2.05, 4.69) is 5.32 Å². The van der Waals surface area contributed by atoms with Crippen LogP contribution in [0.15, 0.2) is 54.6 Å². The highest BCUT2D eigenvalue weighted by atomic mass is 16.5. The summed E-state index contributed by atoms with van der Waals surface area (Å²) in [5.74, 6) is -0.737. The van der Waals surface area contributed by atoms with E-state index in [0.29, 0.717) is 17.8 Å². The molecule has 0 aliphatic heterocycles. The second-order valence-electron chi connectivity index (χ2n) is 4.92. The molecule has 2 aromatic rings. The van der Waals surface area contributed by atoms with Crippen molar-refractivity contribution in [2.45, 2.75) is 6.92 Å². The topological polar surface area (TPSA) is 81.7 Å². The minimum atomic E-state index is -0.593. The summed E-state index contributed by atoms with van der Waals surface area (Å²) in [5.41, 5.74) is 3.45. The molecule has 0 saturated carbocycles. The van der Waals surface area contributed by atoms with E-state index in [9.17, 15) is 9.59 Å². The maximum absolute atomic E-state index is 12.2. The van der Waals surface area contributed by atoms with Crippen LogP contribution in [0.5, 0.6) is 0 Å². The maximum atomic E-state index is 12.2. The number of amides is 2. The molecule has 6 heteroatoms. The van der Waals surface area contributed by atoms with Gasteiger partial charge < -0.3 is 10.2 Å². The van der Waals surface area contributed by atoms with E-state index >= 15 is 0 Å². The van der Waals surface area contributed by atoms with E-state index < -0.39 is 5.91 Å². The molecule has 2 rings (SSSR count). The molecule has 6 nitrogen and oxygen atoms in total. The summed E-state index contributed by atoms with van der Waals surface area (Å²) in [7, 11) is 0. The van der Waals surface area contributed by atoms with Crippen molar-refractivity contribution < 1.29 is 14.8 Å². The van der Waals surface area contributed by atoms with Crippen LogP contribution in [0, 0.1) is 0 Å². The van der Waals surface area contributed by atoms with Gasteiger partial charge in [-0.25, -0.2) is 5.48 Å². The van der Waals surface area contributed by atoms with Crippen LogP contribution < -0.4 is 15.7 Å². The van der Waals surface area contributed by atoms with E-state index in [0.717, 1.165) is 5.69 Å². The lowest BCUT2D eigenvalue weighted by molar-refractivity contribution is -0.115. The minimum absolute atomic E-state index is 0.143. The van der Waals surface area contributed by atoms with Gasteiger partial charge in [0, 0.05) is 23.5 Å². The third kappa shape index (κ3) is 4.55. The third-order valence-electron chi connectivity index (χ3n) is 3.37. The van der Waals surface area contributed by atoms with Gasteiger partial charge in [-0.1, -0.05) is 18.2 Å². The van der Waals surface area contributed by atoms with E-state index in [1.807, 2.05) is 42.2 Å². The minimum Gasteiger partial charge on any atom is -0.362 e. The Hall–Kier alpha value is -2.86. The number of hydrogen-bond acceptors (Lipinski definition) is 4. The van der Waals surface area contributed by atoms with Gasteiger partial charge in [-0.15, -0.1) is 0 Å². The lowest BCUT2D eigenvalue weighted by atomic mass is 10.2. The zero-order valence-corrected chi connectivity index (χ0v) is 12.8. The molecule has 0 atom stereocenters. The number of anilines is 2. The van der Waals surface area contributed by atoms with Crippen molar-refractivity contribution in [3.63, 3.8) is 0 Å². The van der Waals surface area contributed by atoms with Crippen LogP contribution in [0.25, 0.3) is 0 Å². The number of benzene rings is 2. The molecule has 0 unspecified atom stereocenters. The maximum Gasteiger partial charge on any atom is 0.274 e. The fraction of sp³-hybridized carbons (Fsp3) is 0.176. The lowest BCUT2D eigenvalue weighted by Crippen LogP contribution is -2.33. The molecule has 2 aromatic carbocycles. The molecule has 0 aliphatic carbocycles. The van der Waals surface area contributed by atoms with Gasteiger partial charge in [-0.3, -0.25) is 14.8 Å². The standard InChI is InChI=1S/C17H19N3O3/c1-2-20(15-6-4-3-5-7-15)12-16(21)18-14-10-8-13(9-11-14)17(22)19-23/h3-11,23H,2,12H2,1H3,(H,18,21)(H,19,22). The third-order valence-corrected chi connectivity index (χ3v) is 3.37. The number of nitrogens with zero attached hydrogens (tertiary/aromatic N) is 1. The summed E-state index contributed by atoms with van der Waals surface area (Å²) in [5, 5.41) is 11.3. The van der Waals surface area contributed by atoms with Crippen molar-refractivity contribution in [2.24, 2.45) is 0 Å². The number of hydroxylamine groups is 1. The molecular formula is C17H19N3O3. The van der Waals surface area contributed by atoms with E-state index in [1.54, 1.807) is 17.6 Å². The van der Waals surface area contributed by atoms with Gasteiger partial charge in [0.2, 0.25) is 5.91 Å². The van der Waals surface area contributed by atoms with Gasteiger partial charge in [-0.2, -0.15) is 0 Å². The van der Waals surface area contributed by atoms with E-state index in [4.69, 9.17) is 5.21 Å². The van der Waals surface area contributed by atoms with Crippen LogP contribution in [0.3, 0.4) is 0 Å². The molecule has 0 bridgehead atoms. The molecule has 0 fully saturated rings. The fourth-order valence-corrected chi connectivity index (χ4v) is 2.17. The van der Waals surface area contributed by atoms with Crippen molar-refractivity contribution in [1.29, 1.82) is 0 Å². The molecular weight excluding hydrogens is 294 g/mol. The van der Waals surface area contributed by atoms with E-state index in [1.165, 1.54) is 12.1 Å². The number of rotatable bonds is 6. The van der Waals surface area contributed by atoms with Crippen LogP contribution >= 0.6 is 0 Å². The van der Waals surface area contributed by atoms with Crippen molar-refractivity contribution in [3.05, 3.63) is 60.2 Å². The summed E-state index contributed by atoms with van der Waals surface area (Å²) in [6.45, 7) is 2.94. The SMILES string of the molecule is CCN(CC(=O)Nc1ccc(C(=O)NO)cc1)c1ccccc1. The van der Waals surface area contributed by atoms with Crippen LogP contribution in [0.2, 0.25) is 0 Å². The highest BCUT2D eigenvalue weighted by molar-refractivity contribution is 5.96. The van der Waals surface area contributed by atoms with Crippen LogP contribution in [-0.4, -0.2) is 30.1 Å². The first-order valence-corrected chi connectivity index (χ1v) is 7.28. The number of carbonyl (C=O) groups is 2. The Morgan fingerprint density at radius 3 is 2.26 bits per heavy atom. The predicted octanol–water partition coefficient (Wildman–Crippen LogP) is 2.27. The van der Waals surface area contributed by atoms with Crippen molar-refractivity contribution in [3.8, 4) is 0 Å². The van der Waals surface area contributed by atoms with Crippen LogP contribution in [0.1, 0.15) is 17.3 Å². The number of nitrogens with one attached hydrogen (secondary N) is 2. The molecule has 0 radical (unpaired) electrons. The van der Waals surface area contributed by atoms with Gasteiger partial charge in [0.25, 0.3) is 5.91 Å². The molecule has 0 saturated heterocycles. The lowest BCUT2D eigenvalue weighted by Gasteiger charge is -2.22. The van der Waals surface area contributed by atoms with Gasteiger partial charge in [0.1, 0.15) is 0 Å². The fourth-order valence-electron chi connectivity index (χ4n) is 2.17. The molecule has 23 heavy (non-hydrogen) atoms. The zero-order chi connectivity index (χ0) is 16.7. The van der Waals surface area contributed by atoms with Gasteiger partial charge >= 0.3 is 0 Å². The van der Waals surface area contributed by atoms with Crippen molar-refractivity contribution in [2.75, 3.05) is 23.3 Å². The Bertz CT molecular complexity index is 657. The van der Waals surface area contributed by atoms with Gasteiger partial charge in [0.05, 0.1) is 6.54 Å². The summed E-state index contributed by atoms with van der Waals surface area (Å²) >= 11 is 0. The van der Waals surface area contributed by atoms with Crippen LogP contribution in [0.4, 0.5) is 11.4 Å². The Morgan fingerprint density at radius 2 is 1.70 bits per heavy atom. The quantitative estimate of drug-likeness (QED) is 0.564. The average Bonchev–Trinajstić information content (AvgIpc) is 2.60. The Kier molecular flexibility index (Phi) is 5.71. The summed E-state index contributed by atoms with van der Waals surface area (Å²) in [6.07, 6.45) is 0. The van der Waals surface area contributed by atoms with Crippen molar-refractivity contribution >= 4 is 23.2 Å². The highest BCUT2D eigenvalue weighted by Gasteiger charge is 2.10. The average molecular weight is 313 g/mol. The Morgan fingerprint density at radius 1 is 1.04 bits per heavy atom. The monoisotopic (exact) mass is 313 g/mol. The smallest absolute Gasteiger partial charge is 0.274 e. The molecule has 3 N–H and O–H groups in total. The molecule has 0 heterocycles. The first kappa shape index (κ1) is 16.5. The molecule has 0 spiro atoms. The van der Waals surface area contributed by atoms with Crippen molar-refractivity contribution in [1.82, 2.24) is 5.48 Å². The first-order chi connectivity index (χ1) is 11.1. The summed E-state index contributed by atoms with van der Waals surface area (Å²) < 4.78 is 0. The van der Waals surface area contributed by atoms with Gasteiger partial charge in [-0.05, 0) is 43.3 Å². The Labute approximate surface area is 134 Å². The second-order valence-corrected chi connectivity index (χ2v) is 4.92. The Balaban J connectivity index is 1.97. The molecule has 120 valence electrons. The van der Waals surface area contributed by atoms with Gasteiger partial charge in [0.15, 0.2) is 0 Å². The highest BCUT2D eigenvalue weighted by Crippen LogP contribution is 2.13. The molecule has 0 aromatic heterocycles. The summed E-state index contributed by atoms with van der Waals surface area (Å²) in [4.78, 5) is 25.4. The summed E-state index contributed by atoms with van der Waals surface area (Å²) in [6, 6.07) is 16.0. The number of hydrogen-bond donors (Lipinski definition) is 3. The normalized spacial score (nSPS) is 10.0. The van der Waals surface area contributed by atoms with Crippen LogP contribution in [-0.2, 0) is 4.79 Å².